The highest BCUT2D eigenvalue weighted by Crippen LogP contribution is 2.30. The number of rotatable bonds is 7. The van der Waals surface area contributed by atoms with Crippen LogP contribution in [0.25, 0.3) is 22.4 Å². The molecule has 0 bridgehead atoms. The first kappa shape index (κ1) is 21.0. The standard InChI is InChI=1S/C25H28N4O2/c1-31-15-14-29-13-12-22(18-29)27-25(30)28-23-16-21(19-8-4-2-5-9-19)17-26-24(23)20-10-6-3-7-11-20/h2-11,16-17,22H,12-15,18H2,1H3,(H2,27,28,30). The smallest absolute Gasteiger partial charge is 0.319 e. The van der Waals surface area contributed by atoms with Crippen LogP contribution >= 0.6 is 0 Å². The number of benzene rings is 2. The molecule has 1 unspecified atom stereocenters. The summed E-state index contributed by atoms with van der Waals surface area (Å²) in [5.74, 6) is 0. The summed E-state index contributed by atoms with van der Waals surface area (Å²) < 4.78 is 5.15. The predicted octanol–water partition coefficient (Wildman–Crippen LogP) is 4.26. The molecule has 1 aliphatic rings. The first-order valence-electron chi connectivity index (χ1n) is 10.6. The van der Waals surface area contributed by atoms with Gasteiger partial charge in [0.05, 0.1) is 18.0 Å². The van der Waals surface area contributed by atoms with Crippen LogP contribution in [0.3, 0.4) is 0 Å². The Balaban J connectivity index is 1.52. The van der Waals surface area contributed by atoms with E-state index in [2.05, 4.69) is 15.5 Å². The predicted molar refractivity (Wildman–Crippen MR) is 124 cm³/mol. The fraction of sp³-hybridized carbons (Fsp3) is 0.280. The molecule has 1 aliphatic heterocycles. The molecule has 0 spiro atoms. The molecule has 0 radical (unpaired) electrons. The van der Waals surface area contributed by atoms with E-state index in [-0.39, 0.29) is 12.1 Å². The van der Waals surface area contributed by atoms with E-state index in [1.165, 1.54) is 0 Å². The number of ether oxygens (including phenoxy) is 1. The minimum atomic E-state index is -0.206. The van der Waals surface area contributed by atoms with Crippen molar-refractivity contribution in [1.82, 2.24) is 15.2 Å². The first-order valence-corrected chi connectivity index (χ1v) is 10.6. The van der Waals surface area contributed by atoms with Crippen LogP contribution in [0.1, 0.15) is 6.42 Å². The Morgan fingerprint density at radius 3 is 2.48 bits per heavy atom. The van der Waals surface area contributed by atoms with Crippen molar-refractivity contribution in [2.45, 2.75) is 12.5 Å². The third kappa shape index (κ3) is 5.48. The van der Waals surface area contributed by atoms with Crippen molar-refractivity contribution in [3.05, 3.63) is 72.9 Å². The van der Waals surface area contributed by atoms with Crippen molar-refractivity contribution in [3.63, 3.8) is 0 Å². The molecule has 0 saturated carbocycles. The maximum Gasteiger partial charge on any atom is 0.319 e. The van der Waals surface area contributed by atoms with Gasteiger partial charge in [-0.1, -0.05) is 60.7 Å². The van der Waals surface area contributed by atoms with Gasteiger partial charge < -0.3 is 15.4 Å². The molecule has 1 atom stereocenters. The van der Waals surface area contributed by atoms with E-state index in [9.17, 15) is 4.79 Å². The number of pyridine rings is 1. The van der Waals surface area contributed by atoms with Gasteiger partial charge in [-0.15, -0.1) is 0 Å². The number of hydrogen-bond donors (Lipinski definition) is 2. The summed E-state index contributed by atoms with van der Waals surface area (Å²) in [6.07, 6.45) is 2.79. The maximum absolute atomic E-state index is 12.8. The molecule has 31 heavy (non-hydrogen) atoms. The van der Waals surface area contributed by atoms with Crippen LogP contribution in [0.2, 0.25) is 0 Å². The molecule has 1 fully saturated rings. The van der Waals surface area contributed by atoms with Gasteiger partial charge in [0.15, 0.2) is 0 Å². The molecule has 0 aliphatic carbocycles. The molecule has 3 aromatic rings. The van der Waals surface area contributed by atoms with E-state index in [0.717, 1.165) is 48.4 Å². The Hall–Kier alpha value is -3.22. The summed E-state index contributed by atoms with van der Waals surface area (Å²) in [5.41, 5.74) is 4.43. The average Bonchev–Trinajstić information content (AvgIpc) is 3.25. The van der Waals surface area contributed by atoms with Crippen LogP contribution in [0.4, 0.5) is 10.5 Å². The maximum atomic E-state index is 12.8. The number of amides is 2. The molecule has 4 rings (SSSR count). The van der Waals surface area contributed by atoms with Crippen LogP contribution in [0.5, 0.6) is 0 Å². The summed E-state index contributed by atoms with van der Waals surface area (Å²) >= 11 is 0. The van der Waals surface area contributed by atoms with Crippen molar-refractivity contribution in [1.29, 1.82) is 0 Å². The number of methoxy groups -OCH3 is 1. The van der Waals surface area contributed by atoms with Gasteiger partial charge in [0.2, 0.25) is 0 Å². The molecule has 2 N–H and O–H groups in total. The number of nitrogens with zero attached hydrogens (tertiary/aromatic N) is 2. The van der Waals surface area contributed by atoms with Crippen molar-refractivity contribution in [3.8, 4) is 22.4 Å². The topological polar surface area (TPSA) is 66.5 Å². The molecule has 1 aromatic heterocycles. The van der Waals surface area contributed by atoms with Crippen LogP contribution in [0, 0.1) is 0 Å². The average molecular weight is 417 g/mol. The van der Waals surface area contributed by atoms with Gasteiger partial charge in [-0.2, -0.15) is 0 Å². The van der Waals surface area contributed by atoms with Crippen molar-refractivity contribution >= 4 is 11.7 Å². The van der Waals surface area contributed by atoms with E-state index in [4.69, 9.17) is 9.72 Å². The van der Waals surface area contributed by atoms with Crippen LogP contribution in [-0.4, -0.2) is 55.3 Å². The Labute approximate surface area is 183 Å². The van der Waals surface area contributed by atoms with E-state index in [1.54, 1.807) is 7.11 Å². The van der Waals surface area contributed by atoms with Gasteiger partial charge in [-0.05, 0) is 18.1 Å². The second kappa shape index (κ2) is 10.2. The normalized spacial score (nSPS) is 16.2. The fourth-order valence-corrected chi connectivity index (χ4v) is 3.89. The highest BCUT2D eigenvalue weighted by Gasteiger charge is 2.24. The summed E-state index contributed by atoms with van der Waals surface area (Å²) in [6, 6.07) is 21.9. The SMILES string of the molecule is COCCN1CCC(NC(=O)Nc2cc(-c3ccccc3)cnc2-c2ccccc2)C1. The van der Waals surface area contributed by atoms with Crippen molar-refractivity contribution < 1.29 is 9.53 Å². The zero-order valence-electron chi connectivity index (χ0n) is 17.8. The minimum absolute atomic E-state index is 0.127. The first-order chi connectivity index (χ1) is 15.2. The summed E-state index contributed by atoms with van der Waals surface area (Å²) in [4.78, 5) is 19.8. The molecule has 1 saturated heterocycles. The largest absolute Gasteiger partial charge is 0.383 e. The lowest BCUT2D eigenvalue weighted by molar-refractivity contribution is 0.160. The fourth-order valence-electron chi connectivity index (χ4n) is 3.89. The summed E-state index contributed by atoms with van der Waals surface area (Å²) in [5, 5.41) is 6.16. The number of carbonyl (C=O) groups is 1. The molecule has 160 valence electrons. The highest BCUT2D eigenvalue weighted by atomic mass is 16.5. The quantitative estimate of drug-likeness (QED) is 0.604. The van der Waals surface area contributed by atoms with Gasteiger partial charge in [0.1, 0.15) is 0 Å². The molecule has 6 heteroatoms. The molecule has 2 aromatic carbocycles. The van der Waals surface area contributed by atoms with Crippen LogP contribution < -0.4 is 10.6 Å². The van der Waals surface area contributed by atoms with Gasteiger partial charge in [-0.25, -0.2) is 4.79 Å². The summed E-state index contributed by atoms with van der Waals surface area (Å²) in [7, 11) is 1.71. The molecular weight excluding hydrogens is 388 g/mol. The van der Waals surface area contributed by atoms with Crippen molar-refractivity contribution in [2.75, 3.05) is 38.7 Å². The van der Waals surface area contributed by atoms with Crippen molar-refractivity contribution in [2.24, 2.45) is 0 Å². The number of likely N-dealkylation sites (tertiary alicyclic amines) is 1. The van der Waals surface area contributed by atoms with E-state index in [1.807, 2.05) is 72.9 Å². The third-order valence-corrected chi connectivity index (χ3v) is 5.51. The lowest BCUT2D eigenvalue weighted by atomic mass is 10.0. The van der Waals surface area contributed by atoms with Crippen LogP contribution in [0.15, 0.2) is 72.9 Å². The second-order valence-electron chi connectivity index (χ2n) is 7.73. The van der Waals surface area contributed by atoms with E-state index < -0.39 is 0 Å². The Morgan fingerprint density at radius 2 is 1.77 bits per heavy atom. The third-order valence-electron chi connectivity index (χ3n) is 5.51. The number of urea groups is 1. The molecule has 2 amide bonds. The van der Waals surface area contributed by atoms with Gasteiger partial charge in [0.25, 0.3) is 0 Å². The van der Waals surface area contributed by atoms with Gasteiger partial charge in [0, 0.05) is 50.1 Å². The Kier molecular flexibility index (Phi) is 6.92. The van der Waals surface area contributed by atoms with Crippen LogP contribution in [-0.2, 0) is 4.74 Å². The lowest BCUT2D eigenvalue weighted by Gasteiger charge is -2.17. The zero-order valence-corrected chi connectivity index (χ0v) is 17.8. The molecule has 6 nitrogen and oxygen atoms in total. The molecular formula is C25H28N4O2. The molecule has 2 heterocycles. The second-order valence-corrected chi connectivity index (χ2v) is 7.73. The van der Waals surface area contributed by atoms with Gasteiger partial charge >= 0.3 is 6.03 Å². The highest BCUT2D eigenvalue weighted by molar-refractivity contribution is 5.94. The number of carbonyl (C=O) groups excluding carboxylic acids is 1. The lowest BCUT2D eigenvalue weighted by Crippen LogP contribution is -2.40. The van der Waals surface area contributed by atoms with Gasteiger partial charge in [-0.3, -0.25) is 9.88 Å². The Bertz CT molecular complexity index is 995. The number of hydrogen-bond acceptors (Lipinski definition) is 4. The summed E-state index contributed by atoms with van der Waals surface area (Å²) in [6.45, 7) is 3.40. The Morgan fingerprint density at radius 1 is 1.06 bits per heavy atom. The number of aromatic nitrogens is 1. The van der Waals surface area contributed by atoms with E-state index >= 15 is 0 Å². The number of anilines is 1. The monoisotopic (exact) mass is 416 g/mol. The minimum Gasteiger partial charge on any atom is -0.383 e. The zero-order chi connectivity index (χ0) is 21.5. The van der Waals surface area contributed by atoms with E-state index in [0.29, 0.717) is 12.3 Å². The number of nitrogens with one attached hydrogen (secondary N) is 2.